The summed E-state index contributed by atoms with van der Waals surface area (Å²) in [4.78, 5) is 17.3. The molecule has 1 saturated carbocycles. The summed E-state index contributed by atoms with van der Waals surface area (Å²) in [6, 6.07) is 15.9. The maximum atomic E-state index is 12.9. The molecule has 5 heteroatoms. The number of imidazole rings is 1. The van der Waals surface area contributed by atoms with Gasteiger partial charge in [-0.1, -0.05) is 43.2 Å². The Kier molecular flexibility index (Phi) is 4.37. The summed E-state index contributed by atoms with van der Waals surface area (Å²) in [5.41, 5.74) is 2.60. The van der Waals surface area contributed by atoms with Gasteiger partial charge in [0.05, 0.1) is 30.0 Å². The number of para-hydroxylation sites is 3. The second kappa shape index (κ2) is 6.83. The molecule has 3 aromatic rings. The zero-order valence-electron chi connectivity index (χ0n) is 14.9. The fraction of sp³-hybridized carbons (Fsp3) is 0.333. The molecule has 5 nitrogen and oxygen atoms in total. The van der Waals surface area contributed by atoms with Crippen molar-refractivity contribution in [2.45, 2.75) is 37.8 Å². The van der Waals surface area contributed by atoms with Crippen LogP contribution in [-0.2, 0) is 16.9 Å². The Morgan fingerprint density at radius 1 is 1.15 bits per heavy atom. The average Bonchev–Trinajstić information content (AvgIpc) is 3.30. The number of nitrogens with zero attached hydrogens (tertiary/aromatic N) is 2. The van der Waals surface area contributed by atoms with Gasteiger partial charge in [-0.25, -0.2) is 4.98 Å². The van der Waals surface area contributed by atoms with Crippen LogP contribution in [0.2, 0.25) is 0 Å². The van der Waals surface area contributed by atoms with Crippen LogP contribution in [0.15, 0.2) is 54.9 Å². The predicted molar refractivity (Wildman–Crippen MR) is 101 cm³/mol. The molecule has 1 heterocycles. The van der Waals surface area contributed by atoms with Crippen LogP contribution in [-0.4, -0.2) is 22.6 Å². The molecule has 1 aliphatic carbocycles. The smallest absolute Gasteiger partial charge is 0.240 e. The van der Waals surface area contributed by atoms with Crippen molar-refractivity contribution in [2.24, 2.45) is 0 Å². The van der Waals surface area contributed by atoms with Crippen LogP contribution >= 0.6 is 0 Å². The molecular formula is C21H23N3O2. The van der Waals surface area contributed by atoms with E-state index >= 15 is 0 Å². The summed E-state index contributed by atoms with van der Waals surface area (Å²) >= 11 is 0. The molecule has 1 amide bonds. The van der Waals surface area contributed by atoms with Gasteiger partial charge in [0, 0.05) is 5.56 Å². The van der Waals surface area contributed by atoms with Gasteiger partial charge >= 0.3 is 0 Å². The Balaban J connectivity index is 1.60. The van der Waals surface area contributed by atoms with Gasteiger partial charge in [-0.05, 0) is 31.0 Å². The lowest BCUT2D eigenvalue weighted by atomic mass is 9.87. The lowest BCUT2D eigenvalue weighted by molar-refractivity contribution is -0.123. The quantitative estimate of drug-likeness (QED) is 0.765. The maximum Gasteiger partial charge on any atom is 0.240 e. The normalized spacial score (nSPS) is 15.9. The van der Waals surface area contributed by atoms with E-state index in [1.165, 1.54) is 0 Å². The molecule has 0 radical (unpaired) electrons. The Bertz CT molecular complexity index is 926. The number of benzene rings is 2. The number of ether oxygens (including phenoxy) is 1. The van der Waals surface area contributed by atoms with E-state index in [1.54, 1.807) is 13.4 Å². The molecule has 1 aliphatic rings. The number of amides is 1. The van der Waals surface area contributed by atoms with Crippen molar-refractivity contribution in [1.82, 2.24) is 14.9 Å². The number of rotatable bonds is 5. The molecule has 0 spiro atoms. The topological polar surface area (TPSA) is 56.1 Å². The van der Waals surface area contributed by atoms with Gasteiger partial charge in [0.25, 0.3) is 0 Å². The summed E-state index contributed by atoms with van der Waals surface area (Å²) in [5.74, 6) is 0.837. The number of carbonyl (C=O) groups is 1. The molecule has 0 aliphatic heterocycles. The van der Waals surface area contributed by atoms with Crippen LogP contribution in [0.4, 0.5) is 0 Å². The van der Waals surface area contributed by atoms with Crippen molar-refractivity contribution in [2.75, 3.05) is 7.11 Å². The predicted octanol–water partition coefficient (Wildman–Crippen LogP) is 3.63. The van der Waals surface area contributed by atoms with E-state index in [0.717, 1.165) is 48.0 Å². The van der Waals surface area contributed by atoms with Crippen LogP contribution in [0.5, 0.6) is 5.75 Å². The standard InChI is InChI=1S/C21H23N3O2/c1-26-19-11-5-2-8-16(19)21(12-6-7-13-21)23-20(25)14-24-15-22-17-9-3-4-10-18(17)24/h2-5,8-11,15H,6-7,12-14H2,1H3,(H,23,25). The summed E-state index contributed by atoms with van der Waals surface area (Å²) in [5, 5.41) is 3.32. The molecule has 1 fully saturated rings. The lowest BCUT2D eigenvalue weighted by Crippen LogP contribution is -2.45. The zero-order valence-corrected chi connectivity index (χ0v) is 14.9. The van der Waals surface area contributed by atoms with Crippen molar-refractivity contribution in [3.8, 4) is 5.75 Å². The van der Waals surface area contributed by atoms with Crippen LogP contribution in [0.1, 0.15) is 31.2 Å². The lowest BCUT2D eigenvalue weighted by Gasteiger charge is -2.32. The fourth-order valence-electron chi connectivity index (χ4n) is 4.08. The molecular weight excluding hydrogens is 326 g/mol. The molecule has 0 saturated heterocycles. The fourth-order valence-corrected chi connectivity index (χ4v) is 4.08. The van der Waals surface area contributed by atoms with Crippen molar-refractivity contribution in [3.05, 3.63) is 60.4 Å². The largest absolute Gasteiger partial charge is 0.496 e. The van der Waals surface area contributed by atoms with Crippen molar-refractivity contribution < 1.29 is 9.53 Å². The van der Waals surface area contributed by atoms with Gasteiger partial charge in [0.2, 0.25) is 5.91 Å². The number of nitrogens with one attached hydrogen (secondary N) is 1. The molecule has 134 valence electrons. The second-order valence-electron chi connectivity index (χ2n) is 6.90. The highest BCUT2D eigenvalue weighted by atomic mass is 16.5. The highest BCUT2D eigenvalue weighted by molar-refractivity contribution is 5.81. The van der Waals surface area contributed by atoms with Gasteiger partial charge in [-0.3, -0.25) is 4.79 Å². The van der Waals surface area contributed by atoms with Gasteiger partial charge in [-0.15, -0.1) is 0 Å². The van der Waals surface area contributed by atoms with E-state index < -0.39 is 0 Å². The Morgan fingerprint density at radius 2 is 1.88 bits per heavy atom. The van der Waals surface area contributed by atoms with E-state index in [0.29, 0.717) is 0 Å². The number of hydrogen-bond donors (Lipinski definition) is 1. The highest BCUT2D eigenvalue weighted by Gasteiger charge is 2.39. The number of hydrogen-bond acceptors (Lipinski definition) is 3. The zero-order chi connectivity index (χ0) is 18.0. The monoisotopic (exact) mass is 349 g/mol. The van der Waals surface area contributed by atoms with Crippen LogP contribution < -0.4 is 10.1 Å². The number of fused-ring (bicyclic) bond motifs is 1. The minimum Gasteiger partial charge on any atom is -0.496 e. The third-order valence-electron chi connectivity index (χ3n) is 5.30. The summed E-state index contributed by atoms with van der Waals surface area (Å²) in [7, 11) is 1.68. The number of aromatic nitrogens is 2. The minimum absolute atomic E-state index is 0.000888. The van der Waals surface area contributed by atoms with Crippen molar-refractivity contribution >= 4 is 16.9 Å². The van der Waals surface area contributed by atoms with Gasteiger partial charge < -0.3 is 14.6 Å². The van der Waals surface area contributed by atoms with Crippen LogP contribution in [0.3, 0.4) is 0 Å². The van der Waals surface area contributed by atoms with Crippen LogP contribution in [0.25, 0.3) is 11.0 Å². The van der Waals surface area contributed by atoms with Crippen molar-refractivity contribution in [3.63, 3.8) is 0 Å². The van der Waals surface area contributed by atoms with Gasteiger partial charge in [-0.2, -0.15) is 0 Å². The number of methoxy groups -OCH3 is 1. The number of carbonyl (C=O) groups excluding carboxylic acids is 1. The van der Waals surface area contributed by atoms with E-state index in [2.05, 4.69) is 16.4 Å². The molecule has 1 aromatic heterocycles. The molecule has 4 rings (SSSR count). The first-order chi connectivity index (χ1) is 12.7. The molecule has 1 N–H and O–H groups in total. The van der Waals surface area contributed by atoms with Gasteiger partial charge in [0.1, 0.15) is 12.3 Å². The Morgan fingerprint density at radius 3 is 2.69 bits per heavy atom. The molecule has 0 bridgehead atoms. The Labute approximate surface area is 153 Å². The van der Waals surface area contributed by atoms with E-state index in [-0.39, 0.29) is 18.0 Å². The summed E-state index contributed by atoms with van der Waals surface area (Å²) in [6.45, 7) is 0.261. The average molecular weight is 349 g/mol. The minimum atomic E-state index is -0.347. The van der Waals surface area contributed by atoms with Gasteiger partial charge in [0.15, 0.2) is 0 Å². The third-order valence-corrected chi connectivity index (χ3v) is 5.30. The molecule has 0 atom stereocenters. The summed E-state index contributed by atoms with van der Waals surface area (Å²) < 4.78 is 7.46. The highest BCUT2D eigenvalue weighted by Crippen LogP contribution is 2.42. The molecule has 0 unspecified atom stereocenters. The van der Waals surface area contributed by atoms with Crippen molar-refractivity contribution in [1.29, 1.82) is 0 Å². The van der Waals surface area contributed by atoms with Crippen LogP contribution in [0, 0.1) is 0 Å². The van der Waals surface area contributed by atoms with E-state index in [9.17, 15) is 4.79 Å². The SMILES string of the molecule is COc1ccccc1C1(NC(=O)Cn2cnc3ccccc32)CCCC1. The third kappa shape index (κ3) is 2.94. The maximum absolute atomic E-state index is 12.9. The first-order valence-electron chi connectivity index (χ1n) is 9.06. The molecule has 2 aromatic carbocycles. The first-order valence-corrected chi connectivity index (χ1v) is 9.06. The Hall–Kier alpha value is -2.82. The molecule has 26 heavy (non-hydrogen) atoms. The van der Waals surface area contributed by atoms with E-state index in [4.69, 9.17) is 4.74 Å². The second-order valence-corrected chi connectivity index (χ2v) is 6.90. The van der Waals surface area contributed by atoms with E-state index in [1.807, 2.05) is 47.0 Å². The first kappa shape index (κ1) is 16.6. The summed E-state index contributed by atoms with van der Waals surface area (Å²) in [6.07, 6.45) is 5.81.